The molecule has 0 spiro atoms. The quantitative estimate of drug-likeness (QED) is 0.754. The van der Waals surface area contributed by atoms with Gasteiger partial charge >= 0.3 is 0 Å². The van der Waals surface area contributed by atoms with Crippen LogP contribution in [0.5, 0.6) is 0 Å². The third kappa shape index (κ3) is 2.41. The number of anilines is 1. The van der Waals surface area contributed by atoms with Gasteiger partial charge in [0.15, 0.2) is 0 Å². The Kier molecular flexibility index (Phi) is 3.00. The average Bonchev–Trinajstić information content (AvgIpc) is 3.10. The molecular weight excluding hydrogens is 256 g/mol. The van der Waals surface area contributed by atoms with Crippen molar-refractivity contribution in [2.24, 2.45) is 0 Å². The zero-order valence-corrected chi connectivity index (χ0v) is 10.7. The van der Waals surface area contributed by atoms with Crippen molar-refractivity contribution in [1.82, 2.24) is 24.7 Å². The molecule has 0 aliphatic heterocycles. The minimum absolute atomic E-state index is 0.121. The number of imidazole rings is 1. The molecule has 2 N–H and O–H groups in total. The van der Waals surface area contributed by atoms with Gasteiger partial charge in [-0.15, -0.1) is 5.10 Å². The Balaban J connectivity index is 1.81. The molecule has 0 radical (unpaired) electrons. The van der Waals surface area contributed by atoms with Gasteiger partial charge in [-0.05, 0) is 25.1 Å². The van der Waals surface area contributed by atoms with Crippen molar-refractivity contribution in [3.8, 4) is 5.69 Å². The fourth-order valence-electron chi connectivity index (χ4n) is 1.79. The lowest BCUT2D eigenvalue weighted by Gasteiger charge is -2.06. The topological polar surface area (TPSA) is 88.5 Å². The van der Waals surface area contributed by atoms with E-state index in [1.807, 2.05) is 29.0 Å². The van der Waals surface area contributed by atoms with Crippen molar-refractivity contribution in [1.29, 1.82) is 0 Å². The van der Waals surface area contributed by atoms with E-state index in [0.29, 0.717) is 11.5 Å². The fraction of sp³-hybridized carbons (Fsp3) is 0.0769. The van der Waals surface area contributed by atoms with Gasteiger partial charge in [0, 0.05) is 23.8 Å². The molecule has 7 nitrogen and oxygen atoms in total. The summed E-state index contributed by atoms with van der Waals surface area (Å²) < 4.78 is 1.85. The van der Waals surface area contributed by atoms with Crippen LogP contribution >= 0.6 is 0 Å². The van der Waals surface area contributed by atoms with Crippen molar-refractivity contribution in [3.63, 3.8) is 0 Å². The van der Waals surface area contributed by atoms with Gasteiger partial charge in [-0.1, -0.05) is 6.07 Å². The summed E-state index contributed by atoms with van der Waals surface area (Å²) in [6.45, 7) is 1.74. The highest BCUT2D eigenvalue weighted by molar-refractivity contribution is 6.01. The molecule has 0 saturated heterocycles. The van der Waals surface area contributed by atoms with Crippen LogP contribution in [0.2, 0.25) is 0 Å². The van der Waals surface area contributed by atoms with E-state index in [1.165, 1.54) is 0 Å². The smallest absolute Gasteiger partial charge is 0.295 e. The number of aromatic nitrogens is 5. The Morgan fingerprint density at radius 2 is 2.30 bits per heavy atom. The van der Waals surface area contributed by atoms with Gasteiger partial charge < -0.3 is 9.88 Å². The first kappa shape index (κ1) is 12.1. The maximum absolute atomic E-state index is 11.9. The summed E-state index contributed by atoms with van der Waals surface area (Å²) in [6, 6.07) is 7.43. The SMILES string of the molecule is Cc1nc(C(=O)Nc2cccc(-n3ccnc3)c2)n[nH]1. The van der Waals surface area contributed by atoms with Gasteiger partial charge in [0.25, 0.3) is 5.91 Å². The predicted molar refractivity (Wildman–Crippen MR) is 72.6 cm³/mol. The average molecular weight is 268 g/mol. The zero-order valence-electron chi connectivity index (χ0n) is 10.7. The van der Waals surface area contributed by atoms with E-state index in [2.05, 4.69) is 25.5 Å². The van der Waals surface area contributed by atoms with E-state index in [0.717, 1.165) is 5.69 Å². The van der Waals surface area contributed by atoms with Gasteiger partial charge in [-0.3, -0.25) is 9.89 Å². The summed E-state index contributed by atoms with van der Waals surface area (Å²) in [5, 5.41) is 9.21. The molecule has 3 rings (SSSR count). The maximum atomic E-state index is 11.9. The second-order valence-corrected chi connectivity index (χ2v) is 4.22. The summed E-state index contributed by atoms with van der Waals surface area (Å²) in [4.78, 5) is 19.9. The molecule has 0 atom stereocenters. The van der Waals surface area contributed by atoms with Crippen LogP contribution in [0.1, 0.15) is 16.4 Å². The molecule has 1 aromatic carbocycles. The number of nitrogens with zero attached hydrogens (tertiary/aromatic N) is 4. The van der Waals surface area contributed by atoms with Crippen LogP contribution in [0.15, 0.2) is 43.0 Å². The summed E-state index contributed by atoms with van der Waals surface area (Å²) in [7, 11) is 0. The van der Waals surface area contributed by atoms with E-state index in [1.54, 1.807) is 25.5 Å². The Labute approximate surface area is 114 Å². The van der Waals surface area contributed by atoms with Crippen molar-refractivity contribution in [3.05, 3.63) is 54.6 Å². The molecule has 0 saturated carbocycles. The molecule has 0 bridgehead atoms. The minimum atomic E-state index is -0.350. The van der Waals surface area contributed by atoms with E-state index >= 15 is 0 Å². The number of rotatable bonds is 3. The first-order chi connectivity index (χ1) is 9.72. The van der Waals surface area contributed by atoms with Gasteiger partial charge in [0.05, 0.1) is 6.33 Å². The number of hydrogen-bond acceptors (Lipinski definition) is 4. The summed E-state index contributed by atoms with van der Waals surface area (Å²) >= 11 is 0. The Bertz CT molecular complexity index is 731. The first-order valence-electron chi connectivity index (χ1n) is 6.01. The molecule has 2 aromatic heterocycles. The predicted octanol–water partition coefficient (Wildman–Crippen LogP) is 1.55. The van der Waals surface area contributed by atoms with E-state index in [-0.39, 0.29) is 11.7 Å². The van der Waals surface area contributed by atoms with Gasteiger partial charge in [0.1, 0.15) is 5.82 Å². The Hall–Kier alpha value is -2.96. The third-order valence-electron chi connectivity index (χ3n) is 2.71. The highest BCUT2D eigenvalue weighted by atomic mass is 16.2. The number of benzene rings is 1. The highest BCUT2D eigenvalue weighted by Gasteiger charge is 2.11. The molecule has 20 heavy (non-hydrogen) atoms. The fourth-order valence-corrected chi connectivity index (χ4v) is 1.79. The molecule has 3 aromatic rings. The third-order valence-corrected chi connectivity index (χ3v) is 2.71. The first-order valence-corrected chi connectivity index (χ1v) is 6.01. The molecule has 0 fully saturated rings. The lowest BCUT2D eigenvalue weighted by molar-refractivity contribution is 0.101. The van der Waals surface area contributed by atoms with Crippen LogP contribution in [0.25, 0.3) is 5.69 Å². The van der Waals surface area contributed by atoms with Crippen molar-refractivity contribution < 1.29 is 4.79 Å². The lowest BCUT2D eigenvalue weighted by Crippen LogP contribution is -2.14. The van der Waals surface area contributed by atoms with Crippen LogP contribution < -0.4 is 5.32 Å². The van der Waals surface area contributed by atoms with Crippen molar-refractivity contribution in [2.45, 2.75) is 6.92 Å². The van der Waals surface area contributed by atoms with Crippen molar-refractivity contribution >= 4 is 11.6 Å². The van der Waals surface area contributed by atoms with Gasteiger partial charge in [-0.2, -0.15) is 0 Å². The van der Waals surface area contributed by atoms with Crippen molar-refractivity contribution in [2.75, 3.05) is 5.32 Å². The number of carbonyl (C=O) groups is 1. The number of amides is 1. The minimum Gasteiger partial charge on any atom is -0.319 e. The lowest BCUT2D eigenvalue weighted by atomic mass is 10.2. The Morgan fingerprint density at radius 1 is 1.40 bits per heavy atom. The van der Waals surface area contributed by atoms with Gasteiger partial charge in [-0.25, -0.2) is 9.97 Å². The molecule has 2 heterocycles. The molecule has 1 amide bonds. The van der Waals surface area contributed by atoms with E-state index in [4.69, 9.17) is 0 Å². The van der Waals surface area contributed by atoms with Crippen LogP contribution in [0.3, 0.4) is 0 Å². The normalized spacial score (nSPS) is 10.4. The molecule has 0 unspecified atom stereocenters. The number of aryl methyl sites for hydroxylation is 1. The van der Waals surface area contributed by atoms with E-state index < -0.39 is 0 Å². The van der Waals surface area contributed by atoms with Crippen LogP contribution in [0, 0.1) is 6.92 Å². The Morgan fingerprint density at radius 3 is 3.00 bits per heavy atom. The number of H-pyrrole nitrogens is 1. The maximum Gasteiger partial charge on any atom is 0.295 e. The second kappa shape index (κ2) is 4.96. The summed E-state index contributed by atoms with van der Waals surface area (Å²) in [6.07, 6.45) is 5.22. The summed E-state index contributed by atoms with van der Waals surface area (Å²) in [5.74, 6) is 0.370. The van der Waals surface area contributed by atoms with Crippen LogP contribution in [-0.2, 0) is 0 Å². The molecular formula is C13H12N6O. The number of hydrogen-bond donors (Lipinski definition) is 2. The zero-order chi connectivity index (χ0) is 13.9. The number of carbonyl (C=O) groups excluding carboxylic acids is 1. The second-order valence-electron chi connectivity index (χ2n) is 4.22. The van der Waals surface area contributed by atoms with Gasteiger partial charge in [0.2, 0.25) is 5.82 Å². The monoisotopic (exact) mass is 268 g/mol. The van der Waals surface area contributed by atoms with E-state index in [9.17, 15) is 4.79 Å². The molecule has 0 aliphatic rings. The molecule has 7 heteroatoms. The van der Waals surface area contributed by atoms with Crippen LogP contribution in [0.4, 0.5) is 5.69 Å². The number of aromatic amines is 1. The largest absolute Gasteiger partial charge is 0.319 e. The van der Waals surface area contributed by atoms with Crippen LogP contribution in [-0.4, -0.2) is 30.6 Å². The number of nitrogens with one attached hydrogen (secondary N) is 2. The molecule has 100 valence electrons. The highest BCUT2D eigenvalue weighted by Crippen LogP contribution is 2.14. The standard InChI is InChI=1S/C13H12N6O/c1-9-15-12(18-17-9)13(20)16-10-3-2-4-11(7-10)19-6-5-14-8-19/h2-8H,1H3,(H,16,20)(H,15,17,18). The summed E-state index contributed by atoms with van der Waals surface area (Å²) in [5.41, 5.74) is 1.58. The molecule has 0 aliphatic carbocycles.